The predicted octanol–water partition coefficient (Wildman–Crippen LogP) is 4.12. The first-order valence-electron chi connectivity index (χ1n) is 9.36. The number of rotatable bonds is 4. The zero-order chi connectivity index (χ0) is 19.4. The Hall–Kier alpha value is -2.34. The van der Waals surface area contributed by atoms with E-state index in [-0.39, 0.29) is 10.8 Å². The van der Waals surface area contributed by atoms with Crippen molar-refractivity contribution in [2.45, 2.75) is 44.4 Å². The molecular formula is C21H26N2O3S. The molecule has 1 saturated heterocycles. The van der Waals surface area contributed by atoms with Crippen molar-refractivity contribution < 1.29 is 13.2 Å². The van der Waals surface area contributed by atoms with Gasteiger partial charge in [0.05, 0.1) is 10.6 Å². The molecular weight excluding hydrogens is 360 g/mol. The molecule has 1 amide bonds. The van der Waals surface area contributed by atoms with Crippen LogP contribution in [0.4, 0.5) is 5.69 Å². The number of aryl methyl sites for hydroxylation is 2. The third-order valence-electron chi connectivity index (χ3n) is 4.91. The number of carbonyl (C=O) groups is 1. The van der Waals surface area contributed by atoms with Gasteiger partial charge in [0.25, 0.3) is 15.9 Å². The zero-order valence-corrected chi connectivity index (χ0v) is 16.7. The number of benzene rings is 2. The van der Waals surface area contributed by atoms with Crippen molar-refractivity contribution in [1.29, 1.82) is 0 Å². The van der Waals surface area contributed by atoms with E-state index in [4.69, 9.17) is 0 Å². The minimum atomic E-state index is -3.76. The van der Waals surface area contributed by atoms with Gasteiger partial charge in [-0.15, -0.1) is 0 Å². The van der Waals surface area contributed by atoms with Gasteiger partial charge >= 0.3 is 0 Å². The van der Waals surface area contributed by atoms with Crippen LogP contribution in [0.1, 0.15) is 47.2 Å². The maximum absolute atomic E-state index is 12.8. The Balaban J connectivity index is 1.84. The molecule has 6 heteroatoms. The van der Waals surface area contributed by atoms with E-state index in [1.54, 1.807) is 18.2 Å². The molecule has 1 N–H and O–H groups in total. The fraction of sp³-hybridized carbons (Fsp3) is 0.381. The van der Waals surface area contributed by atoms with Gasteiger partial charge in [-0.2, -0.15) is 0 Å². The number of carbonyl (C=O) groups excluding carboxylic acids is 1. The normalized spacial score (nSPS) is 15.3. The lowest BCUT2D eigenvalue weighted by atomic mass is 10.1. The van der Waals surface area contributed by atoms with Crippen molar-refractivity contribution in [2.24, 2.45) is 0 Å². The highest BCUT2D eigenvalue weighted by Gasteiger charge is 2.21. The lowest BCUT2D eigenvalue weighted by Crippen LogP contribution is -2.32. The number of sulfonamides is 1. The van der Waals surface area contributed by atoms with Gasteiger partial charge < -0.3 is 4.90 Å². The van der Waals surface area contributed by atoms with Crippen molar-refractivity contribution in [1.82, 2.24) is 4.90 Å². The second kappa shape index (κ2) is 8.13. The monoisotopic (exact) mass is 386 g/mol. The number of likely N-dealkylation sites (tertiary alicyclic amines) is 1. The molecule has 0 radical (unpaired) electrons. The van der Waals surface area contributed by atoms with Gasteiger partial charge in [0, 0.05) is 18.7 Å². The number of amides is 1. The molecule has 2 aromatic carbocycles. The van der Waals surface area contributed by atoms with Gasteiger partial charge in [0.2, 0.25) is 0 Å². The molecule has 144 valence electrons. The quantitative estimate of drug-likeness (QED) is 0.859. The summed E-state index contributed by atoms with van der Waals surface area (Å²) in [5.74, 6) is -0.0968. The topological polar surface area (TPSA) is 66.5 Å². The first-order chi connectivity index (χ1) is 12.9. The summed E-state index contributed by atoms with van der Waals surface area (Å²) in [6.07, 6.45) is 4.27. The summed E-state index contributed by atoms with van der Waals surface area (Å²) in [6, 6.07) is 11.9. The summed E-state index contributed by atoms with van der Waals surface area (Å²) in [4.78, 5) is 14.7. The Kier molecular flexibility index (Phi) is 5.85. The van der Waals surface area contributed by atoms with E-state index in [2.05, 4.69) is 4.72 Å². The van der Waals surface area contributed by atoms with Gasteiger partial charge in [-0.1, -0.05) is 36.6 Å². The molecule has 0 aliphatic carbocycles. The molecule has 3 rings (SSSR count). The Labute approximate surface area is 161 Å². The van der Waals surface area contributed by atoms with Crippen LogP contribution in [0.5, 0.6) is 0 Å². The molecule has 0 saturated carbocycles. The van der Waals surface area contributed by atoms with Crippen LogP contribution in [0.15, 0.2) is 47.4 Å². The number of anilines is 1. The maximum atomic E-state index is 12.8. The third-order valence-corrected chi connectivity index (χ3v) is 6.27. The van der Waals surface area contributed by atoms with Crippen LogP contribution >= 0.6 is 0 Å². The Morgan fingerprint density at radius 3 is 2.33 bits per heavy atom. The summed E-state index contributed by atoms with van der Waals surface area (Å²) >= 11 is 0. The molecule has 0 bridgehead atoms. The van der Waals surface area contributed by atoms with E-state index in [1.165, 1.54) is 12.1 Å². The molecule has 27 heavy (non-hydrogen) atoms. The fourth-order valence-electron chi connectivity index (χ4n) is 3.38. The van der Waals surface area contributed by atoms with Gasteiger partial charge in [0.1, 0.15) is 0 Å². The van der Waals surface area contributed by atoms with E-state index >= 15 is 0 Å². The Morgan fingerprint density at radius 1 is 0.963 bits per heavy atom. The molecule has 0 unspecified atom stereocenters. The second-order valence-corrected chi connectivity index (χ2v) is 8.84. The largest absolute Gasteiger partial charge is 0.339 e. The Bertz CT molecular complexity index is 930. The summed E-state index contributed by atoms with van der Waals surface area (Å²) in [5, 5.41) is 0. The van der Waals surface area contributed by atoms with Crippen LogP contribution in [0, 0.1) is 13.8 Å². The summed E-state index contributed by atoms with van der Waals surface area (Å²) < 4.78 is 28.3. The van der Waals surface area contributed by atoms with Crippen LogP contribution in [-0.4, -0.2) is 32.3 Å². The first kappa shape index (κ1) is 19.4. The predicted molar refractivity (Wildman–Crippen MR) is 108 cm³/mol. The van der Waals surface area contributed by atoms with E-state index in [0.29, 0.717) is 11.3 Å². The van der Waals surface area contributed by atoms with E-state index in [9.17, 15) is 13.2 Å². The van der Waals surface area contributed by atoms with Crippen LogP contribution < -0.4 is 4.72 Å². The van der Waals surface area contributed by atoms with Gasteiger partial charge in [-0.05, 0) is 56.5 Å². The van der Waals surface area contributed by atoms with Crippen molar-refractivity contribution >= 4 is 21.6 Å². The zero-order valence-electron chi connectivity index (χ0n) is 15.9. The molecule has 1 fully saturated rings. The highest BCUT2D eigenvalue weighted by atomic mass is 32.2. The van der Waals surface area contributed by atoms with E-state index in [1.807, 2.05) is 30.9 Å². The van der Waals surface area contributed by atoms with E-state index < -0.39 is 10.0 Å². The maximum Gasteiger partial charge on any atom is 0.261 e. The SMILES string of the molecule is Cc1ccc(NS(=O)(=O)c2cccc(C(=O)N3CCCCCC3)c2)c(C)c1. The summed E-state index contributed by atoms with van der Waals surface area (Å²) in [5.41, 5.74) is 2.89. The molecule has 2 aromatic rings. The van der Waals surface area contributed by atoms with Crippen molar-refractivity contribution in [3.63, 3.8) is 0 Å². The fourth-order valence-corrected chi connectivity index (χ4v) is 4.56. The molecule has 0 spiro atoms. The van der Waals surface area contributed by atoms with Gasteiger partial charge in [-0.3, -0.25) is 9.52 Å². The lowest BCUT2D eigenvalue weighted by Gasteiger charge is -2.20. The van der Waals surface area contributed by atoms with Crippen molar-refractivity contribution in [3.8, 4) is 0 Å². The molecule has 1 heterocycles. The summed E-state index contributed by atoms with van der Waals surface area (Å²) in [7, 11) is -3.76. The van der Waals surface area contributed by atoms with Crippen LogP contribution in [0.3, 0.4) is 0 Å². The lowest BCUT2D eigenvalue weighted by molar-refractivity contribution is 0.0761. The van der Waals surface area contributed by atoms with Gasteiger partial charge in [-0.25, -0.2) is 8.42 Å². The highest BCUT2D eigenvalue weighted by Crippen LogP contribution is 2.22. The van der Waals surface area contributed by atoms with Crippen molar-refractivity contribution in [2.75, 3.05) is 17.8 Å². The van der Waals surface area contributed by atoms with Gasteiger partial charge in [0.15, 0.2) is 0 Å². The van der Waals surface area contributed by atoms with Crippen LogP contribution in [-0.2, 0) is 10.0 Å². The smallest absolute Gasteiger partial charge is 0.261 e. The molecule has 1 aliphatic rings. The second-order valence-electron chi connectivity index (χ2n) is 7.16. The highest BCUT2D eigenvalue weighted by molar-refractivity contribution is 7.92. The molecule has 0 aromatic heterocycles. The standard InChI is InChI=1S/C21H26N2O3S/c1-16-10-11-20(17(2)14-16)22-27(25,26)19-9-7-8-18(15-19)21(24)23-12-5-3-4-6-13-23/h7-11,14-15,22H,3-6,12-13H2,1-2H3. The minimum Gasteiger partial charge on any atom is -0.339 e. The van der Waals surface area contributed by atoms with E-state index in [0.717, 1.165) is 49.9 Å². The average Bonchev–Trinajstić information content (AvgIpc) is 2.93. The molecule has 1 aliphatic heterocycles. The number of hydrogen-bond acceptors (Lipinski definition) is 3. The average molecular weight is 387 g/mol. The van der Waals surface area contributed by atoms with Crippen LogP contribution in [0.2, 0.25) is 0 Å². The van der Waals surface area contributed by atoms with Crippen molar-refractivity contribution in [3.05, 3.63) is 59.2 Å². The van der Waals surface area contributed by atoms with Crippen LogP contribution in [0.25, 0.3) is 0 Å². The molecule has 5 nitrogen and oxygen atoms in total. The number of nitrogens with one attached hydrogen (secondary N) is 1. The first-order valence-corrected chi connectivity index (χ1v) is 10.8. The number of nitrogens with zero attached hydrogens (tertiary/aromatic N) is 1. The minimum absolute atomic E-state index is 0.0968. The molecule has 0 atom stereocenters. The summed E-state index contributed by atoms with van der Waals surface area (Å²) in [6.45, 7) is 5.29. The number of hydrogen-bond donors (Lipinski definition) is 1. The third kappa shape index (κ3) is 4.69. The Morgan fingerprint density at radius 2 is 1.67 bits per heavy atom.